The van der Waals surface area contributed by atoms with Gasteiger partial charge in [0.2, 0.25) is 0 Å². The van der Waals surface area contributed by atoms with Crippen LogP contribution in [-0.4, -0.2) is 55.6 Å². The van der Waals surface area contributed by atoms with Gasteiger partial charge in [0.1, 0.15) is 17.5 Å². The third-order valence-corrected chi connectivity index (χ3v) is 7.78. The molecule has 13 heteroatoms. The van der Waals surface area contributed by atoms with Crippen LogP contribution in [-0.2, 0) is 9.53 Å². The number of hydrogen-bond donors (Lipinski definition) is 4. The lowest BCUT2D eigenvalue weighted by Gasteiger charge is -2.22. The number of nitrogens with two attached hydrogens (primary N) is 1. The smallest absolute Gasteiger partial charge is 0.412 e. The molecule has 12 nitrogen and oxygen atoms in total. The Morgan fingerprint density at radius 2 is 1.75 bits per heavy atom. The van der Waals surface area contributed by atoms with Gasteiger partial charge in [0.15, 0.2) is 11.5 Å². The van der Waals surface area contributed by atoms with E-state index in [1.165, 1.54) is 18.1 Å². The van der Waals surface area contributed by atoms with Crippen LogP contribution in [0.2, 0.25) is 0 Å². The summed E-state index contributed by atoms with van der Waals surface area (Å²) < 4.78 is 29.2. The second-order valence-corrected chi connectivity index (χ2v) is 11.6. The third kappa shape index (κ3) is 11.6. The SMILES string of the molecule is CCCCCCOC(=O)NC(=N)c1ccc(NCC(N)c2cccc(C(=O)N(CCC(=O)Oc3ccc(F)cc3OC)c3ccccn3)c2)cc1. The molecule has 1 aromatic heterocycles. The molecular formula is C38H43FN6O6. The molecule has 0 fully saturated rings. The minimum atomic E-state index is -0.654. The maximum absolute atomic E-state index is 13.8. The van der Waals surface area contributed by atoms with Gasteiger partial charge >= 0.3 is 12.1 Å². The molecule has 51 heavy (non-hydrogen) atoms. The van der Waals surface area contributed by atoms with Gasteiger partial charge in [-0.1, -0.05) is 44.4 Å². The van der Waals surface area contributed by atoms with E-state index < -0.39 is 29.8 Å². The predicted molar refractivity (Wildman–Crippen MR) is 193 cm³/mol. The highest BCUT2D eigenvalue weighted by Gasteiger charge is 2.22. The number of methoxy groups -OCH3 is 1. The van der Waals surface area contributed by atoms with Crippen LogP contribution in [0.5, 0.6) is 11.5 Å². The molecule has 5 N–H and O–H groups in total. The number of esters is 1. The Morgan fingerprint density at radius 3 is 2.47 bits per heavy atom. The Kier molecular flexibility index (Phi) is 14.4. The van der Waals surface area contributed by atoms with Crippen molar-refractivity contribution in [3.05, 3.63) is 114 Å². The molecule has 0 aliphatic carbocycles. The van der Waals surface area contributed by atoms with E-state index in [0.29, 0.717) is 35.7 Å². The molecule has 1 unspecified atom stereocenters. The average Bonchev–Trinajstić information content (AvgIpc) is 3.15. The number of alkyl carbamates (subject to hydrolysis) is 1. The van der Waals surface area contributed by atoms with Crippen LogP contribution < -0.4 is 30.7 Å². The molecule has 4 rings (SSSR count). The molecule has 1 atom stereocenters. The van der Waals surface area contributed by atoms with Gasteiger partial charge in [0, 0.05) is 48.2 Å². The van der Waals surface area contributed by atoms with Crippen molar-refractivity contribution in [1.29, 1.82) is 5.41 Å². The van der Waals surface area contributed by atoms with Gasteiger partial charge < -0.3 is 25.3 Å². The number of carbonyl (C=O) groups excluding carboxylic acids is 3. The van der Waals surface area contributed by atoms with Crippen LogP contribution in [0.15, 0.2) is 91.1 Å². The van der Waals surface area contributed by atoms with E-state index in [2.05, 4.69) is 22.5 Å². The number of nitrogens with one attached hydrogen (secondary N) is 3. The Labute approximate surface area is 296 Å². The molecule has 4 aromatic rings. The van der Waals surface area contributed by atoms with Crippen LogP contribution >= 0.6 is 0 Å². The van der Waals surface area contributed by atoms with Gasteiger partial charge in [-0.2, -0.15) is 0 Å². The number of ether oxygens (including phenoxy) is 3. The normalized spacial score (nSPS) is 11.2. The highest BCUT2D eigenvalue weighted by molar-refractivity contribution is 6.06. The molecule has 268 valence electrons. The summed E-state index contributed by atoms with van der Waals surface area (Å²) >= 11 is 0. The number of carbonyl (C=O) groups is 3. The highest BCUT2D eigenvalue weighted by Crippen LogP contribution is 2.28. The minimum Gasteiger partial charge on any atom is -0.493 e. The first-order valence-electron chi connectivity index (χ1n) is 16.7. The monoisotopic (exact) mass is 698 g/mol. The van der Waals surface area contributed by atoms with Crippen molar-refractivity contribution in [2.24, 2.45) is 5.73 Å². The van der Waals surface area contributed by atoms with E-state index in [9.17, 15) is 18.8 Å². The van der Waals surface area contributed by atoms with Crippen molar-refractivity contribution in [1.82, 2.24) is 10.3 Å². The number of pyridine rings is 1. The summed E-state index contributed by atoms with van der Waals surface area (Å²) in [5.74, 6) is -1.17. The molecule has 2 amide bonds. The lowest BCUT2D eigenvalue weighted by atomic mass is 10.0. The average molecular weight is 699 g/mol. The van der Waals surface area contributed by atoms with Crippen LogP contribution in [0.25, 0.3) is 0 Å². The topological polar surface area (TPSA) is 169 Å². The molecular weight excluding hydrogens is 655 g/mol. The van der Waals surface area contributed by atoms with E-state index >= 15 is 0 Å². The van der Waals surface area contributed by atoms with E-state index in [0.717, 1.165) is 43.5 Å². The van der Waals surface area contributed by atoms with Crippen molar-refractivity contribution in [3.63, 3.8) is 0 Å². The Bertz CT molecular complexity index is 1770. The molecule has 0 saturated carbocycles. The standard InChI is InChI=1S/C38H43FN6O6/c1-3-4-5-8-22-50-38(48)44-36(41)26-13-16-30(17-14-26)43-25-31(40)27-10-9-11-28(23-27)37(47)45(34-12-6-7-20-42-34)21-19-35(46)51-32-18-15-29(39)24-33(32)49-2/h6-7,9-18,20,23-24,31,43H,3-5,8,19,21-22,25,40H2,1-2H3,(H2,41,44,48). The van der Waals surface area contributed by atoms with Gasteiger partial charge in [-0.05, 0) is 72.6 Å². The number of unbranched alkanes of at least 4 members (excludes halogenated alkanes) is 3. The zero-order valence-corrected chi connectivity index (χ0v) is 28.7. The first kappa shape index (κ1) is 38.0. The number of halogens is 1. The zero-order valence-electron chi connectivity index (χ0n) is 28.7. The lowest BCUT2D eigenvalue weighted by molar-refractivity contribution is -0.134. The summed E-state index contributed by atoms with van der Waals surface area (Å²) in [6.45, 7) is 2.71. The third-order valence-electron chi connectivity index (χ3n) is 7.78. The predicted octanol–water partition coefficient (Wildman–Crippen LogP) is 6.62. The summed E-state index contributed by atoms with van der Waals surface area (Å²) in [4.78, 5) is 44.3. The quantitative estimate of drug-likeness (QED) is 0.0311. The first-order chi connectivity index (χ1) is 24.7. The minimum absolute atomic E-state index is 0.0424. The van der Waals surface area contributed by atoms with Crippen LogP contribution in [0.4, 0.5) is 20.7 Å². The van der Waals surface area contributed by atoms with E-state index in [4.69, 9.17) is 25.4 Å². The Hall–Kier alpha value is -5.82. The van der Waals surface area contributed by atoms with Gasteiger partial charge in [0.25, 0.3) is 5.91 Å². The van der Waals surface area contributed by atoms with Crippen molar-refractivity contribution < 1.29 is 33.0 Å². The fraction of sp³-hybridized carbons (Fsp3) is 0.289. The van der Waals surface area contributed by atoms with Crippen molar-refractivity contribution in [2.75, 3.05) is 37.0 Å². The number of amidine groups is 1. The summed E-state index contributed by atoms with van der Waals surface area (Å²) in [7, 11) is 1.34. The summed E-state index contributed by atoms with van der Waals surface area (Å²) in [6.07, 6.45) is 4.68. The number of hydrogen-bond acceptors (Lipinski definition) is 10. The molecule has 0 saturated heterocycles. The van der Waals surface area contributed by atoms with Crippen molar-refractivity contribution in [3.8, 4) is 11.5 Å². The number of aromatic nitrogens is 1. The zero-order chi connectivity index (χ0) is 36.6. The maximum Gasteiger partial charge on any atom is 0.412 e. The molecule has 0 spiro atoms. The maximum atomic E-state index is 13.8. The fourth-order valence-corrected chi connectivity index (χ4v) is 5.00. The van der Waals surface area contributed by atoms with Gasteiger partial charge in [0.05, 0.1) is 20.1 Å². The number of rotatable bonds is 17. The summed E-state index contributed by atoms with van der Waals surface area (Å²) in [5, 5.41) is 13.9. The number of nitrogens with zero attached hydrogens (tertiary/aromatic N) is 2. The Morgan fingerprint density at radius 1 is 0.941 bits per heavy atom. The van der Waals surface area contributed by atoms with Crippen LogP contribution in [0.3, 0.4) is 0 Å². The van der Waals surface area contributed by atoms with Gasteiger partial charge in [-0.15, -0.1) is 0 Å². The molecule has 1 heterocycles. The van der Waals surface area contributed by atoms with E-state index in [-0.39, 0.29) is 30.3 Å². The molecule has 3 aromatic carbocycles. The fourth-order valence-electron chi connectivity index (χ4n) is 5.00. The summed E-state index contributed by atoms with van der Waals surface area (Å²) in [5.41, 5.74) is 8.82. The Balaban J connectivity index is 1.34. The van der Waals surface area contributed by atoms with Gasteiger partial charge in [-0.3, -0.25) is 25.2 Å². The van der Waals surface area contributed by atoms with Crippen molar-refractivity contribution >= 4 is 35.3 Å². The highest BCUT2D eigenvalue weighted by atomic mass is 19.1. The number of anilines is 2. The number of amides is 2. The molecule has 0 radical (unpaired) electrons. The van der Waals surface area contributed by atoms with Crippen molar-refractivity contribution in [2.45, 2.75) is 45.1 Å². The lowest BCUT2D eigenvalue weighted by Crippen LogP contribution is -2.34. The summed E-state index contributed by atoms with van der Waals surface area (Å²) in [6, 6.07) is 22.1. The molecule has 0 aliphatic heterocycles. The molecule has 0 bridgehead atoms. The first-order valence-corrected chi connectivity index (χ1v) is 16.7. The second kappa shape index (κ2) is 19.4. The molecule has 0 aliphatic rings. The van der Waals surface area contributed by atoms with E-state index in [1.807, 2.05) is 6.07 Å². The second-order valence-electron chi connectivity index (χ2n) is 11.6. The van der Waals surface area contributed by atoms with Crippen LogP contribution in [0, 0.1) is 11.2 Å². The van der Waals surface area contributed by atoms with E-state index in [1.54, 1.807) is 66.9 Å². The van der Waals surface area contributed by atoms with Gasteiger partial charge in [-0.25, -0.2) is 14.2 Å². The number of benzene rings is 3. The largest absolute Gasteiger partial charge is 0.493 e. The van der Waals surface area contributed by atoms with Crippen LogP contribution in [0.1, 0.15) is 66.6 Å².